The van der Waals surface area contributed by atoms with Gasteiger partial charge in [-0.2, -0.15) is 0 Å². The van der Waals surface area contributed by atoms with Gasteiger partial charge in [0.25, 0.3) is 0 Å². The van der Waals surface area contributed by atoms with Gasteiger partial charge in [0.15, 0.2) is 0 Å². The lowest BCUT2D eigenvalue weighted by Gasteiger charge is -2.42. The van der Waals surface area contributed by atoms with Gasteiger partial charge in [0.1, 0.15) is 6.17 Å². The van der Waals surface area contributed by atoms with E-state index in [1.54, 1.807) is 5.01 Å². The molecular weight excluding hydrogens is 351 g/mol. The maximum atomic E-state index is 13.7. The molecular formula is C17H33FN8O. The van der Waals surface area contributed by atoms with Crippen molar-refractivity contribution in [3.8, 4) is 0 Å². The predicted molar refractivity (Wildman–Crippen MR) is 99.9 cm³/mol. The lowest BCUT2D eigenvalue weighted by molar-refractivity contribution is -0.128. The monoisotopic (exact) mass is 384 g/mol. The van der Waals surface area contributed by atoms with Gasteiger partial charge in [-0.1, -0.05) is 0 Å². The fourth-order valence-corrected chi connectivity index (χ4v) is 5.14. The number of likely N-dealkylation sites (N-methyl/N-ethyl adjacent to an activating group) is 2. The van der Waals surface area contributed by atoms with E-state index in [4.69, 9.17) is 5.73 Å². The number of carbonyl (C=O) groups excluding carboxylic acids is 1. The number of likely N-dealkylation sites (tertiary alicyclic amines) is 1. The van der Waals surface area contributed by atoms with Crippen molar-refractivity contribution in [2.45, 2.75) is 37.0 Å². The van der Waals surface area contributed by atoms with Crippen LogP contribution in [0.1, 0.15) is 6.42 Å². The van der Waals surface area contributed by atoms with Crippen molar-refractivity contribution in [2.75, 3.05) is 53.5 Å². The van der Waals surface area contributed by atoms with Crippen molar-refractivity contribution in [1.29, 1.82) is 0 Å². The van der Waals surface area contributed by atoms with Gasteiger partial charge in [-0.3, -0.25) is 15.0 Å². The summed E-state index contributed by atoms with van der Waals surface area (Å²) in [6.07, 6.45) is -0.666. The highest BCUT2D eigenvalue weighted by atomic mass is 19.1. The van der Waals surface area contributed by atoms with E-state index in [1.165, 1.54) is 0 Å². The largest absolute Gasteiger partial charge is 0.351 e. The number of nitrogens with two attached hydrogens (primary N) is 1. The van der Waals surface area contributed by atoms with Crippen molar-refractivity contribution in [1.82, 2.24) is 36.2 Å². The Balaban J connectivity index is 1.45. The number of hydrogen-bond acceptors (Lipinski definition) is 8. The zero-order valence-corrected chi connectivity index (χ0v) is 16.2. The average molecular weight is 385 g/mol. The zero-order chi connectivity index (χ0) is 19.1. The van der Waals surface area contributed by atoms with Crippen molar-refractivity contribution in [3.63, 3.8) is 0 Å². The molecule has 0 saturated carbocycles. The third kappa shape index (κ3) is 3.84. The second-order valence-corrected chi connectivity index (χ2v) is 8.55. The lowest BCUT2D eigenvalue weighted by atomic mass is 9.84. The molecule has 4 heterocycles. The summed E-state index contributed by atoms with van der Waals surface area (Å²) in [6, 6.07) is 0.512. The number of amides is 1. The van der Waals surface area contributed by atoms with Gasteiger partial charge in [0, 0.05) is 44.9 Å². The van der Waals surface area contributed by atoms with E-state index in [0.29, 0.717) is 12.0 Å². The van der Waals surface area contributed by atoms with Gasteiger partial charge in [-0.25, -0.2) is 14.8 Å². The minimum absolute atomic E-state index is 0.0498. The second kappa shape index (κ2) is 7.86. The molecule has 4 fully saturated rings. The van der Waals surface area contributed by atoms with Crippen LogP contribution in [-0.4, -0.2) is 105 Å². The Bertz CT molecular complexity index is 553. The van der Waals surface area contributed by atoms with Crippen LogP contribution in [0.15, 0.2) is 0 Å². The number of hydrogen-bond donors (Lipinski definition) is 5. The van der Waals surface area contributed by atoms with Gasteiger partial charge in [0.2, 0.25) is 5.91 Å². The molecule has 10 heteroatoms. The molecule has 6 N–H and O–H groups in total. The van der Waals surface area contributed by atoms with Crippen molar-refractivity contribution in [3.05, 3.63) is 0 Å². The summed E-state index contributed by atoms with van der Waals surface area (Å²) in [4.78, 5) is 17.8. The maximum absolute atomic E-state index is 13.7. The van der Waals surface area contributed by atoms with Crippen molar-refractivity contribution < 1.29 is 9.18 Å². The van der Waals surface area contributed by atoms with Crippen LogP contribution in [0.4, 0.5) is 4.39 Å². The van der Waals surface area contributed by atoms with E-state index < -0.39 is 18.3 Å². The Kier molecular flexibility index (Phi) is 5.66. The van der Waals surface area contributed by atoms with Gasteiger partial charge in [0.05, 0.1) is 18.2 Å². The number of rotatable bonds is 3. The third-order valence-corrected chi connectivity index (χ3v) is 6.60. The average Bonchev–Trinajstić information content (AvgIpc) is 3.17. The topological polar surface area (TPSA) is 101 Å². The summed E-state index contributed by atoms with van der Waals surface area (Å²) in [7, 11) is 4.23. The Hall–Kier alpha value is -0.880. The molecule has 154 valence electrons. The fraction of sp³-hybridized carbons (Fsp3) is 0.941. The number of halogens is 1. The smallest absolute Gasteiger partial charge is 0.229 e. The first-order valence-electron chi connectivity index (χ1n) is 9.99. The van der Waals surface area contributed by atoms with Crippen LogP contribution in [0, 0.1) is 11.8 Å². The number of nitrogens with one attached hydrogen (secondary N) is 4. The quantitative estimate of drug-likeness (QED) is 0.358. The minimum atomic E-state index is -0.954. The highest BCUT2D eigenvalue weighted by Gasteiger charge is 2.48. The first kappa shape index (κ1) is 19.4. The molecule has 0 spiro atoms. The van der Waals surface area contributed by atoms with E-state index in [1.807, 2.05) is 0 Å². The molecule has 9 nitrogen and oxygen atoms in total. The summed E-state index contributed by atoms with van der Waals surface area (Å²) in [5, 5.41) is 11.6. The van der Waals surface area contributed by atoms with Crippen molar-refractivity contribution >= 4 is 5.91 Å². The highest BCUT2D eigenvalue weighted by Crippen LogP contribution is 2.27. The van der Waals surface area contributed by atoms with E-state index in [-0.39, 0.29) is 31.2 Å². The van der Waals surface area contributed by atoms with Crippen LogP contribution in [0.3, 0.4) is 0 Å². The highest BCUT2D eigenvalue weighted by molar-refractivity contribution is 5.80. The summed E-state index contributed by atoms with van der Waals surface area (Å²) < 4.78 is 13.7. The maximum Gasteiger partial charge on any atom is 0.229 e. The van der Waals surface area contributed by atoms with Crippen molar-refractivity contribution in [2.24, 2.45) is 17.6 Å². The number of alkyl halides is 1. The predicted octanol–water partition coefficient (Wildman–Crippen LogP) is -2.73. The molecule has 4 rings (SSSR count). The molecule has 4 saturated heterocycles. The zero-order valence-electron chi connectivity index (χ0n) is 16.2. The van der Waals surface area contributed by atoms with E-state index in [0.717, 1.165) is 32.7 Å². The Morgan fingerprint density at radius 2 is 2.07 bits per heavy atom. The SMILES string of the molecule is CN1CCC(C2CNCN2C)C(NC(=O)C2C(N)NN3CC(F)CNC23)C1. The molecule has 0 aliphatic carbocycles. The van der Waals surface area contributed by atoms with Crippen LogP contribution in [0.5, 0.6) is 0 Å². The van der Waals surface area contributed by atoms with E-state index in [2.05, 4.69) is 45.3 Å². The Morgan fingerprint density at radius 1 is 1.26 bits per heavy atom. The molecule has 4 aliphatic heterocycles. The van der Waals surface area contributed by atoms with E-state index >= 15 is 0 Å². The molecule has 7 unspecified atom stereocenters. The van der Waals surface area contributed by atoms with Crippen LogP contribution in [0.25, 0.3) is 0 Å². The van der Waals surface area contributed by atoms with Gasteiger partial charge in [-0.05, 0) is 33.0 Å². The Labute approximate surface area is 160 Å². The minimum Gasteiger partial charge on any atom is -0.351 e. The molecule has 4 aliphatic rings. The molecule has 0 radical (unpaired) electrons. The van der Waals surface area contributed by atoms with Gasteiger partial charge in [-0.15, -0.1) is 0 Å². The summed E-state index contributed by atoms with van der Waals surface area (Å²) >= 11 is 0. The Morgan fingerprint density at radius 3 is 2.81 bits per heavy atom. The molecule has 0 bridgehead atoms. The molecule has 27 heavy (non-hydrogen) atoms. The number of fused-ring (bicyclic) bond motifs is 1. The lowest BCUT2D eigenvalue weighted by Crippen LogP contribution is -2.61. The molecule has 0 aromatic rings. The molecule has 7 atom stereocenters. The number of piperidine rings is 1. The molecule has 0 aromatic heterocycles. The fourth-order valence-electron chi connectivity index (χ4n) is 5.14. The van der Waals surface area contributed by atoms with Crippen LogP contribution < -0.4 is 27.1 Å². The van der Waals surface area contributed by atoms with Gasteiger partial charge < -0.3 is 21.3 Å². The van der Waals surface area contributed by atoms with Gasteiger partial charge >= 0.3 is 0 Å². The number of nitrogens with zero attached hydrogens (tertiary/aromatic N) is 3. The summed E-state index contributed by atoms with van der Waals surface area (Å²) in [5.41, 5.74) is 9.25. The first-order valence-corrected chi connectivity index (χ1v) is 9.99. The normalized spacial score (nSPS) is 44.4. The third-order valence-electron chi connectivity index (χ3n) is 6.60. The molecule has 0 aromatic carbocycles. The first-order chi connectivity index (χ1) is 12.9. The van der Waals surface area contributed by atoms with Crippen LogP contribution in [-0.2, 0) is 4.79 Å². The molecule has 1 amide bonds. The van der Waals surface area contributed by atoms with Crippen LogP contribution in [0.2, 0.25) is 0 Å². The standard InChI is InChI=1S/C17H33FN8O/c1-24-4-3-11(13-6-20-9-25(13)2)12(8-24)22-17(27)14-15(19)23-26-7-10(18)5-21-16(14)26/h10-16,20-21,23H,3-9,19H2,1-2H3,(H,22,27). The van der Waals surface area contributed by atoms with Crippen LogP contribution >= 0.6 is 0 Å². The number of hydrazine groups is 1. The summed E-state index contributed by atoms with van der Waals surface area (Å²) in [6.45, 7) is 4.24. The summed E-state index contributed by atoms with van der Waals surface area (Å²) in [5.74, 6) is -0.0857. The second-order valence-electron chi connectivity index (χ2n) is 8.55. The van der Waals surface area contributed by atoms with E-state index in [9.17, 15) is 9.18 Å². The number of carbonyl (C=O) groups is 1.